The molecule has 15 heavy (non-hydrogen) atoms. The molecule has 0 amide bonds. The molecule has 0 bridgehead atoms. The molecule has 0 aliphatic heterocycles. The lowest BCUT2D eigenvalue weighted by atomic mass is 10.0. The molecule has 0 saturated heterocycles. The van der Waals surface area contributed by atoms with Crippen LogP contribution in [0.5, 0.6) is 0 Å². The molecule has 0 fully saturated rings. The lowest BCUT2D eigenvalue weighted by molar-refractivity contribution is -0.137. The van der Waals surface area contributed by atoms with E-state index in [2.05, 4.69) is 0 Å². The van der Waals surface area contributed by atoms with Crippen molar-refractivity contribution in [3.05, 3.63) is 34.4 Å². The van der Waals surface area contributed by atoms with Gasteiger partial charge in [0, 0.05) is 5.56 Å². The van der Waals surface area contributed by atoms with Crippen LogP contribution in [0.3, 0.4) is 0 Å². The first-order chi connectivity index (χ1) is 6.99. The number of rotatable bonds is 2. The Labute approximate surface area is 88.5 Å². The molecule has 1 N–H and O–H groups in total. The monoisotopic (exact) mass is 231 g/mol. The number of nitriles is 1. The molecule has 0 spiro atoms. The van der Waals surface area contributed by atoms with E-state index in [-0.39, 0.29) is 0 Å². The number of carboxylic acids is 1. The van der Waals surface area contributed by atoms with Gasteiger partial charge in [-0.2, -0.15) is 5.26 Å². The highest BCUT2D eigenvalue weighted by Gasteiger charge is 2.25. The first-order valence-electron chi connectivity index (χ1n) is 3.74. The van der Waals surface area contributed by atoms with Crippen LogP contribution in [0, 0.1) is 23.0 Å². The summed E-state index contributed by atoms with van der Waals surface area (Å²) in [7, 11) is 0. The predicted octanol–water partition coefficient (Wildman–Crippen LogP) is 2.31. The highest BCUT2D eigenvalue weighted by Crippen LogP contribution is 2.27. The summed E-state index contributed by atoms with van der Waals surface area (Å²) >= 11 is 5.24. The minimum Gasteiger partial charge on any atom is -0.480 e. The molecular weight excluding hydrogens is 228 g/mol. The van der Waals surface area contributed by atoms with Crippen molar-refractivity contribution in [3.63, 3.8) is 0 Å². The van der Waals surface area contributed by atoms with Gasteiger partial charge in [-0.1, -0.05) is 17.7 Å². The molecule has 1 rings (SSSR count). The molecule has 3 nitrogen and oxygen atoms in total. The third-order valence-electron chi connectivity index (χ3n) is 1.75. The van der Waals surface area contributed by atoms with Crippen LogP contribution in [-0.2, 0) is 4.79 Å². The van der Waals surface area contributed by atoms with Crippen LogP contribution in [0.4, 0.5) is 8.78 Å². The average Bonchev–Trinajstić information content (AvgIpc) is 2.18. The van der Waals surface area contributed by atoms with Crippen molar-refractivity contribution in [2.45, 2.75) is 5.92 Å². The number of aliphatic carboxylic acids is 1. The predicted molar refractivity (Wildman–Crippen MR) is 47.4 cm³/mol. The third kappa shape index (κ3) is 2.05. The Bertz CT molecular complexity index is 456. The second kappa shape index (κ2) is 4.24. The number of carboxylic acid groups (broad SMARTS) is 1. The van der Waals surface area contributed by atoms with Gasteiger partial charge in [0.05, 0.1) is 6.07 Å². The molecule has 0 aromatic heterocycles. The molecule has 1 atom stereocenters. The summed E-state index contributed by atoms with van der Waals surface area (Å²) < 4.78 is 26.0. The van der Waals surface area contributed by atoms with Crippen LogP contribution in [0.15, 0.2) is 12.1 Å². The molecule has 0 aliphatic rings. The van der Waals surface area contributed by atoms with E-state index >= 15 is 0 Å². The summed E-state index contributed by atoms with van der Waals surface area (Å²) in [6, 6.07) is 3.09. The molecule has 78 valence electrons. The highest BCUT2D eigenvalue weighted by atomic mass is 35.5. The molecule has 1 aromatic rings. The van der Waals surface area contributed by atoms with Gasteiger partial charge in [-0.05, 0) is 6.07 Å². The largest absolute Gasteiger partial charge is 0.480 e. The Morgan fingerprint density at radius 3 is 2.60 bits per heavy atom. The first kappa shape index (κ1) is 11.4. The van der Waals surface area contributed by atoms with Crippen molar-refractivity contribution in [3.8, 4) is 6.07 Å². The highest BCUT2D eigenvalue weighted by molar-refractivity contribution is 6.31. The van der Waals surface area contributed by atoms with Gasteiger partial charge in [-0.15, -0.1) is 0 Å². The minimum absolute atomic E-state index is 0.448. The van der Waals surface area contributed by atoms with E-state index in [4.69, 9.17) is 22.0 Å². The van der Waals surface area contributed by atoms with E-state index < -0.39 is 34.1 Å². The topological polar surface area (TPSA) is 61.1 Å². The van der Waals surface area contributed by atoms with Gasteiger partial charge < -0.3 is 5.11 Å². The van der Waals surface area contributed by atoms with Gasteiger partial charge in [0.15, 0.2) is 5.92 Å². The van der Waals surface area contributed by atoms with Crippen LogP contribution in [0.2, 0.25) is 5.02 Å². The number of halogens is 3. The van der Waals surface area contributed by atoms with Crippen LogP contribution in [0.25, 0.3) is 0 Å². The number of hydrogen-bond donors (Lipinski definition) is 1. The van der Waals surface area contributed by atoms with Gasteiger partial charge in [0.1, 0.15) is 16.7 Å². The average molecular weight is 232 g/mol. The number of hydrogen-bond acceptors (Lipinski definition) is 2. The second-order valence-electron chi connectivity index (χ2n) is 2.66. The molecule has 1 aromatic carbocycles. The van der Waals surface area contributed by atoms with Crippen LogP contribution in [0.1, 0.15) is 11.5 Å². The Kier molecular flexibility index (Phi) is 3.22. The fourth-order valence-corrected chi connectivity index (χ4v) is 1.19. The minimum atomic E-state index is -1.69. The maximum Gasteiger partial charge on any atom is 0.325 e. The molecular formula is C9H4ClF2NO2. The fourth-order valence-electron chi connectivity index (χ4n) is 1.02. The van der Waals surface area contributed by atoms with E-state index in [0.717, 1.165) is 12.1 Å². The van der Waals surface area contributed by atoms with Crippen molar-refractivity contribution in [2.24, 2.45) is 0 Å². The van der Waals surface area contributed by atoms with Crippen LogP contribution in [-0.4, -0.2) is 11.1 Å². The van der Waals surface area contributed by atoms with Crippen LogP contribution < -0.4 is 0 Å². The number of nitrogens with zero attached hydrogens (tertiary/aromatic N) is 1. The Balaban J connectivity index is 3.33. The maximum atomic E-state index is 13.3. The summed E-state index contributed by atoms with van der Waals surface area (Å²) in [4.78, 5) is 10.6. The van der Waals surface area contributed by atoms with Gasteiger partial charge in [0.25, 0.3) is 0 Å². The van der Waals surface area contributed by atoms with E-state index in [0.29, 0.717) is 0 Å². The SMILES string of the molecule is N#CC(C(=O)O)c1ccc(F)c(Cl)c1F. The Morgan fingerprint density at radius 1 is 1.53 bits per heavy atom. The summed E-state index contributed by atoms with van der Waals surface area (Å²) in [6.45, 7) is 0. The van der Waals surface area contributed by atoms with E-state index in [1.54, 1.807) is 0 Å². The summed E-state index contributed by atoms with van der Waals surface area (Å²) in [6.07, 6.45) is 0. The first-order valence-corrected chi connectivity index (χ1v) is 4.12. The number of carbonyl (C=O) groups is 1. The number of benzene rings is 1. The van der Waals surface area contributed by atoms with E-state index in [9.17, 15) is 13.6 Å². The van der Waals surface area contributed by atoms with E-state index in [1.807, 2.05) is 0 Å². The van der Waals surface area contributed by atoms with Crippen molar-refractivity contribution in [1.82, 2.24) is 0 Å². The lowest BCUT2D eigenvalue weighted by Crippen LogP contribution is -2.11. The molecule has 0 heterocycles. The molecule has 0 aliphatic carbocycles. The van der Waals surface area contributed by atoms with Crippen molar-refractivity contribution >= 4 is 17.6 Å². The standard InChI is InChI=1S/C9H4ClF2NO2/c10-7-6(11)2-1-4(8(7)12)5(3-13)9(14)15/h1-2,5H,(H,14,15). The zero-order valence-electron chi connectivity index (χ0n) is 7.17. The zero-order valence-corrected chi connectivity index (χ0v) is 7.92. The second-order valence-corrected chi connectivity index (χ2v) is 3.04. The summed E-state index contributed by atoms with van der Waals surface area (Å²) in [5.41, 5.74) is -0.448. The van der Waals surface area contributed by atoms with Crippen molar-refractivity contribution in [2.75, 3.05) is 0 Å². The van der Waals surface area contributed by atoms with Gasteiger partial charge >= 0.3 is 5.97 Å². The third-order valence-corrected chi connectivity index (χ3v) is 2.10. The Hall–Kier alpha value is -1.67. The van der Waals surface area contributed by atoms with Crippen LogP contribution >= 0.6 is 11.6 Å². The Morgan fingerprint density at radius 2 is 2.13 bits per heavy atom. The normalized spacial score (nSPS) is 11.9. The lowest BCUT2D eigenvalue weighted by Gasteiger charge is -2.06. The van der Waals surface area contributed by atoms with E-state index in [1.165, 1.54) is 6.07 Å². The van der Waals surface area contributed by atoms with Gasteiger partial charge in [-0.3, -0.25) is 4.79 Å². The van der Waals surface area contributed by atoms with Crippen molar-refractivity contribution in [1.29, 1.82) is 5.26 Å². The quantitative estimate of drug-likeness (QED) is 0.795. The summed E-state index contributed by atoms with van der Waals surface area (Å²) in [5.74, 6) is -5.42. The maximum absolute atomic E-state index is 13.3. The molecule has 0 saturated carbocycles. The van der Waals surface area contributed by atoms with Gasteiger partial charge in [0.2, 0.25) is 0 Å². The molecule has 1 unspecified atom stereocenters. The van der Waals surface area contributed by atoms with Crippen molar-refractivity contribution < 1.29 is 18.7 Å². The smallest absolute Gasteiger partial charge is 0.325 e. The molecule has 0 radical (unpaired) electrons. The van der Waals surface area contributed by atoms with Gasteiger partial charge in [-0.25, -0.2) is 8.78 Å². The molecule has 6 heteroatoms. The zero-order chi connectivity index (χ0) is 11.6. The fraction of sp³-hybridized carbons (Fsp3) is 0.111. The summed E-state index contributed by atoms with van der Waals surface area (Å²) in [5, 5.41) is 16.3.